The lowest BCUT2D eigenvalue weighted by Gasteiger charge is -2.31. The highest BCUT2D eigenvalue weighted by atomic mass is 16.5. The standard InChI is InChI=1S/C17H34N2O2/c1-5-12-18-17(3,16(20)21-4)11-9-14-19-13-8-6-7-10-15(19)2/h15,18H,5-14H2,1-4H3. The van der Waals surface area contributed by atoms with E-state index < -0.39 is 5.54 Å². The van der Waals surface area contributed by atoms with E-state index >= 15 is 0 Å². The van der Waals surface area contributed by atoms with Crippen molar-refractivity contribution in [2.45, 2.75) is 77.3 Å². The molecule has 0 spiro atoms. The molecular weight excluding hydrogens is 264 g/mol. The number of nitrogens with one attached hydrogen (secondary N) is 1. The Labute approximate surface area is 130 Å². The number of carbonyl (C=O) groups is 1. The normalized spacial score (nSPS) is 23.3. The van der Waals surface area contributed by atoms with Gasteiger partial charge in [0, 0.05) is 6.04 Å². The van der Waals surface area contributed by atoms with Crippen LogP contribution in [-0.4, -0.2) is 49.2 Å². The zero-order valence-electron chi connectivity index (χ0n) is 14.4. The Balaban J connectivity index is 2.46. The molecule has 4 heteroatoms. The SMILES string of the molecule is CCCNC(C)(CCCN1CCCCCC1C)C(=O)OC. The fourth-order valence-electron chi connectivity index (χ4n) is 3.19. The highest BCUT2D eigenvalue weighted by Crippen LogP contribution is 2.19. The van der Waals surface area contributed by atoms with E-state index in [0.717, 1.165) is 32.4 Å². The third kappa shape index (κ3) is 5.95. The predicted molar refractivity (Wildman–Crippen MR) is 87.5 cm³/mol. The van der Waals surface area contributed by atoms with E-state index in [0.29, 0.717) is 6.04 Å². The van der Waals surface area contributed by atoms with Crippen molar-refractivity contribution in [1.82, 2.24) is 10.2 Å². The van der Waals surface area contributed by atoms with Crippen molar-refractivity contribution in [3.8, 4) is 0 Å². The Morgan fingerprint density at radius 3 is 2.81 bits per heavy atom. The van der Waals surface area contributed by atoms with Gasteiger partial charge in [-0.1, -0.05) is 19.8 Å². The van der Waals surface area contributed by atoms with E-state index in [-0.39, 0.29) is 5.97 Å². The van der Waals surface area contributed by atoms with E-state index in [2.05, 4.69) is 24.1 Å². The van der Waals surface area contributed by atoms with Crippen LogP contribution in [0.25, 0.3) is 0 Å². The highest BCUT2D eigenvalue weighted by molar-refractivity contribution is 5.80. The van der Waals surface area contributed by atoms with Gasteiger partial charge >= 0.3 is 5.97 Å². The second kappa shape index (κ2) is 9.42. The molecule has 0 aromatic carbocycles. The Kier molecular flexibility index (Phi) is 8.27. The lowest BCUT2D eigenvalue weighted by atomic mass is 9.95. The first kappa shape index (κ1) is 18.4. The minimum absolute atomic E-state index is 0.139. The third-order valence-electron chi connectivity index (χ3n) is 4.71. The summed E-state index contributed by atoms with van der Waals surface area (Å²) in [6.07, 6.45) is 8.23. The minimum Gasteiger partial charge on any atom is -0.468 e. The van der Waals surface area contributed by atoms with E-state index in [1.165, 1.54) is 39.3 Å². The molecule has 0 aliphatic carbocycles. The average molecular weight is 298 g/mol. The number of likely N-dealkylation sites (tertiary alicyclic amines) is 1. The van der Waals surface area contributed by atoms with Gasteiger partial charge in [0.2, 0.25) is 0 Å². The van der Waals surface area contributed by atoms with Crippen molar-refractivity contribution in [3.05, 3.63) is 0 Å². The highest BCUT2D eigenvalue weighted by Gasteiger charge is 2.33. The van der Waals surface area contributed by atoms with E-state index in [4.69, 9.17) is 4.74 Å². The number of esters is 1. The second-order valence-corrected chi connectivity index (χ2v) is 6.59. The van der Waals surface area contributed by atoms with Crippen molar-refractivity contribution in [3.63, 3.8) is 0 Å². The largest absolute Gasteiger partial charge is 0.468 e. The molecule has 1 aliphatic rings. The Morgan fingerprint density at radius 1 is 1.38 bits per heavy atom. The molecule has 2 atom stereocenters. The van der Waals surface area contributed by atoms with Crippen molar-refractivity contribution in [2.75, 3.05) is 26.7 Å². The van der Waals surface area contributed by atoms with Gasteiger partial charge in [0.05, 0.1) is 7.11 Å². The molecule has 1 rings (SSSR count). The maximum absolute atomic E-state index is 12.0. The first-order valence-corrected chi connectivity index (χ1v) is 8.61. The molecule has 0 aromatic rings. The molecule has 4 nitrogen and oxygen atoms in total. The van der Waals surface area contributed by atoms with Gasteiger partial charge < -0.3 is 15.0 Å². The first-order valence-electron chi connectivity index (χ1n) is 8.61. The van der Waals surface area contributed by atoms with Gasteiger partial charge in [0.15, 0.2) is 0 Å². The van der Waals surface area contributed by atoms with E-state index in [9.17, 15) is 4.79 Å². The van der Waals surface area contributed by atoms with Crippen LogP contribution in [0.3, 0.4) is 0 Å². The van der Waals surface area contributed by atoms with Crippen LogP contribution in [-0.2, 0) is 9.53 Å². The molecule has 124 valence electrons. The summed E-state index contributed by atoms with van der Waals surface area (Å²) in [4.78, 5) is 14.6. The molecule has 0 saturated carbocycles. The maximum Gasteiger partial charge on any atom is 0.325 e. The van der Waals surface area contributed by atoms with Crippen LogP contribution in [0.15, 0.2) is 0 Å². The molecule has 21 heavy (non-hydrogen) atoms. The summed E-state index contributed by atoms with van der Waals surface area (Å²) in [7, 11) is 1.48. The first-order chi connectivity index (χ1) is 10.0. The van der Waals surface area contributed by atoms with Crippen molar-refractivity contribution in [1.29, 1.82) is 0 Å². The molecule has 0 bridgehead atoms. The third-order valence-corrected chi connectivity index (χ3v) is 4.71. The van der Waals surface area contributed by atoms with Crippen molar-refractivity contribution < 1.29 is 9.53 Å². The number of hydrogen-bond acceptors (Lipinski definition) is 4. The number of rotatable bonds is 8. The molecule has 1 saturated heterocycles. The van der Waals surface area contributed by atoms with Crippen LogP contribution in [0.4, 0.5) is 0 Å². The van der Waals surface area contributed by atoms with Gasteiger partial charge in [-0.15, -0.1) is 0 Å². The van der Waals surface area contributed by atoms with Gasteiger partial charge in [-0.3, -0.25) is 4.79 Å². The molecule has 1 aliphatic heterocycles. The van der Waals surface area contributed by atoms with Gasteiger partial charge in [0.25, 0.3) is 0 Å². The summed E-state index contributed by atoms with van der Waals surface area (Å²) < 4.78 is 4.98. The molecule has 0 amide bonds. The van der Waals surface area contributed by atoms with Crippen LogP contribution in [0.1, 0.15) is 65.7 Å². The Hall–Kier alpha value is -0.610. The predicted octanol–water partition coefficient (Wildman–Crippen LogP) is 2.96. The van der Waals surface area contributed by atoms with Gasteiger partial charge in [-0.2, -0.15) is 0 Å². The van der Waals surface area contributed by atoms with Gasteiger partial charge in [0.1, 0.15) is 5.54 Å². The molecule has 1 fully saturated rings. The maximum atomic E-state index is 12.0. The van der Waals surface area contributed by atoms with E-state index in [1.807, 2.05) is 6.92 Å². The average Bonchev–Trinajstić information content (AvgIpc) is 2.69. The number of methoxy groups -OCH3 is 1. The fourth-order valence-corrected chi connectivity index (χ4v) is 3.19. The number of carbonyl (C=O) groups excluding carboxylic acids is 1. The molecular formula is C17H34N2O2. The van der Waals surface area contributed by atoms with Crippen molar-refractivity contribution in [2.24, 2.45) is 0 Å². The van der Waals surface area contributed by atoms with Crippen LogP contribution >= 0.6 is 0 Å². The summed E-state index contributed by atoms with van der Waals surface area (Å²) in [5.74, 6) is -0.139. The monoisotopic (exact) mass is 298 g/mol. The summed E-state index contributed by atoms with van der Waals surface area (Å²) >= 11 is 0. The van der Waals surface area contributed by atoms with Crippen LogP contribution < -0.4 is 5.32 Å². The summed E-state index contributed by atoms with van der Waals surface area (Å²) in [6.45, 7) is 9.57. The second-order valence-electron chi connectivity index (χ2n) is 6.59. The topological polar surface area (TPSA) is 41.6 Å². The molecule has 2 unspecified atom stereocenters. The molecule has 1 N–H and O–H groups in total. The van der Waals surface area contributed by atoms with Crippen molar-refractivity contribution >= 4 is 5.97 Å². The van der Waals surface area contributed by atoms with Crippen LogP contribution in [0.2, 0.25) is 0 Å². The lowest BCUT2D eigenvalue weighted by Crippen LogP contribution is -2.51. The quantitative estimate of drug-likeness (QED) is 0.700. The molecule has 0 aromatic heterocycles. The van der Waals surface area contributed by atoms with Gasteiger partial charge in [-0.25, -0.2) is 0 Å². The zero-order valence-corrected chi connectivity index (χ0v) is 14.4. The summed E-state index contributed by atoms with van der Waals surface area (Å²) in [5, 5.41) is 3.36. The van der Waals surface area contributed by atoms with Crippen LogP contribution in [0, 0.1) is 0 Å². The van der Waals surface area contributed by atoms with Gasteiger partial charge in [-0.05, 0) is 65.6 Å². The summed E-state index contributed by atoms with van der Waals surface area (Å²) in [6, 6.07) is 0.681. The smallest absolute Gasteiger partial charge is 0.325 e. The number of hydrogen-bond donors (Lipinski definition) is 1. The minimum atomic E-state index is -0.542. The molecule has 0 radical (unpaired) electrons. The lowest BCUT2D eigenvalue weighted by molar-refractivity contribution is -0.148. The number of nitrogens with zero attached hydrogens (tertiary/aromatic N) is 1. The fraction of sp³-hybridized carbons (Fsp3) is 0.941. The molecule has 1 heterocycles. The number of ether oxygens (including phenoxy) is 1. The Bertz CT molecular complexity index is 309. The zero-order chi connectivity index (χ0) is 15.7. The Morgan fingerprint density at radius 2 is 2.14 bits per heavy atom. The summed E-state index contributed by atoms with van der Waals surface area (Å²) in [5.41, 5.74) is -0.542. The van der Waals surface area contributed by atoms with Crippen LogP contribution in [0.5, 0.6) is 0 Å². The van der Waals surface area contributed by atoms with E-state index in [1.54, 1.807) is 0 Å².